The maximum absolute atomic E-state index is 5.97. The summed E-state index contributed by atoms with van der Waals surface area (Å²) >= 11 is 11.0. The van der Waals surface area contributed by atoms with Gasteiger partial charge in [0.05, 0.1) is 5.69 Å². The summed E-state index contributed by atoms with van der Waals surface area (Å²) in [4.78, 5) is 4.40. The molecule has 14 heavy (non-hydrogen) atoms. The van der Waals surface area contributed by atoms with Crippen LogP contribution in [0, 0.1) is 6.92 Å². The van der Waals surface area contributed by atoms with Gasteiger partial charge in [0.1, 0.15) is 9.34 Å². The topological polar surface area (TPSA) is 12.9 Å². The Hall–Kier alpha value is -0.380. The third kappa shape index (κ3) is 1.85. The average Bonchev–Trinajstić information content (AvgIpc) is 2.48. The molecule has 0 aliphatic carbocycles. The summed E-state index contributed by atoms with van der Waals surface area (Å²) in [6.45, 7) is 1.92. The molecule has 4 heteroatoms. The van der Waals surface area contributed by atoms with Crippen molar-refractivity contribution in [2.24, 2.45) is 0 Å². The molecule has 0 saturated carbocycles. The molecule has 0 N–H and O–H groups in total. The van der Waals surface area contributed by atoms with Crippen LogP contribution in [0.5, 0.6) is 0 Å². The van der Waals surface area contributed by atoms with Gasteiger partial charge in [-0.2, -0.15) is 0 Å². The van der Waals surface area contributed by atoms with Crippen LogP contribution >= 0.6 is 38.9 Å². The van der Waals surface area contributed by atoms with Crippen LogP contribution in [0.15, 0.2) is 28.7 Å². The summed E-state index contributed by atoms with van der Waals surface area (Å²) in [5.74, 6) is 0. The first-order chi connectivity index (χ1) is 6.68. The third-order valence-corrected chi connectivity index (χ3v) is 4.02. The predicted molar refractivity (Wildman–Crippen MR) is 65.0 cm³/mol. The predicted octanol–water partition coefficient (Wildman–Crippen LogP) is 4.53. The maximum Gasteiger partial charge on any atom is 0.126 e. The monoisotopic (exact) mass is 287 g/mol. The van der Waals surface area contributed by atoms with E-state index in [0.717, 1.165) is 25.1 Å². The highest BCUT2D eigenvalue weighted by molar-refractivity contribution is 9.10. The second-order valence-electron chi connectivity index (χ2n) is 2.86. The lowest BCUT2D eigenvalue weighted by atomic mass is 10.2. The minimum atomic E-state index is 0.760. The molecule has 1 aromatic heterocycles. The van der Waals surface area contributed by atoms with Gasteiger partial charge in [0.2, 0.25) is 0 Å². The van der Waals surface area contributed by atoms with Gasteiger partial charge in [-0.25, -0.2) is 4.98 Å². The normalized spacial score (nSPS) is 10.5. The summed E-state index contributed by atoms with van der Waals surface area (Å²) < 4.78 is 1.81. The van der Waals surface area contributed by atoms with Crippen molar-refractivity contribution < 1.29 is 0 Å². The van der Waals surface area contributed by atoms with Gasteiger partial charge in [-0.05, 0) is 13.0 Å². The molecule has 0 unspecified atom stereocenters. The minimum absolute atomic E-state index is 0.760. The number of hydrogen-bond acceptors (Lipinski definition) is 2. The van der Waals surface area contributed by atoms with Crippen molar-refractivity contribution in [1.82, 2.24) is 4.98 Å². The SMILES string of the molecule is Cc1nc(-c2ccccc2Br)sc1Cl. The molecule has 1 nitrogen and oxygen atoms in total. The van der Waals surface area contributed by atoms with Crippen molar-refractivity contribution in [3.8, 4) is 10.6 Å². The first-order valence-corrected chi connectivity index (χ1v) is 6.05. The summed E-state index contributed by atoms with van der Waals surface area (Å²) in [6, 6.07) is 8.00. The first kappa shape index (κ1) is 10.1. The average molecular weight is 289 g/mol. The zero-order valence-corrected chi connectivity index (χ0v) is 10.6. The minimum Gasteiger partial charge on any atom is -0.240 e. The van der Waals surface area contributed by atoms with Crippen LogP contribution in [0.4, 0.5) is 0 Å². The Morgan fingerprint density at radius 2 is 2.07 bits per heavy atom. The fourth-order valence-corrected chi connectivity index (χ4v) is 2.83. The Balaban J connectivity index is 2.55. The fraction of sp³-hybridized carbons (Fsp3) is 0.100. The number of thiazole rings is 1. The molecule has 2 aromatic rings. The van der Waals surface area contributed by atoms with E-state index in [1.54, 1.807) is 0 Å². The van der Waals surface area contributed by atoms with Gasteiger partial charge in [0.15, 0.2) is 0 Å². The number of hydrogen-bond donors (Lipinski definition) is 0. The Labute approximate surface area is 99.9 Å². The molecule has 0 radical (unpaired) electrons. The Morgan fingerprint density at radius 1 is 1.36 bits per heavy atom. The molecule has 0 fully saturated rings. The number of aryl methyl sites for hydroxylation is 1. The van der Waals surface area contributed by atoms with E-state index in [0.29, 0.717) is 0 Å². The molecule has 72 valence electrons. The number of aromatic nitrogens is 1. The van der Waals surface area contributed by atoms with Crippen LogP contribution < -0.4 is 0 Å². The summed E-state index contributed by atoms with van der Waals surface area (Å²) in [7, 11) is 0. The standard InChI is InChI=1S/C10H7BrClNS/c1-6-9(12)14-10(13-6)7-4-2-3-5-8(7)11/h2-5H,1H3. The van der Waals surface area contributed by atoms with Gasteiger partial charge < -0.3 is 0 Å². The summed E-state index contributed by atoms with van der Waals surface area (Å²) in [6.07, 6.45) is 0. The van der Waals surface area contributed by atoms with Crippen molar-refractivity contribution in [2.45, 2.75) is 6.92 Å². The first-order valence-electron chi connectivity index (χ1n) is 4.06. The molecule has 0 bridgehead atoms. The summed E-state index contributed by atoms with van der Waals surface area (Å²) in [5.41, 5.74) is 1.98. The summed E-state index contributed by atoms with van der Waals surface area (Å²) in [5, 5.41) is 0.958. The highest BCUT2D eigenvalue weighted by Crippen LogP contribution is 2.34. The molecule has 0 amide bonds. The van der Waals surface area contributed by atoms with Crippen LogP contribution in [-0.4, -0.2) is 4.98 Å². The second kappa shape index (κ2) is 4.01. The molecular weight excluding hydrogens is 282 g/mol. The van der Waals surface area contributed by atoms with Crippen LogP contribution in [0.2, 0.25) is 4.34 Å². The van der Waals surface area contributed by atoms with Crippen molar-refractivity contribution in [1.29, 1.82) is 0 Å². The fourth-order valence-electron chi connectivity index (χ4n) is 1.13. The molecule has 0 saturated heterocycles. The Kier molecular flexibility index (Phi) is 2.91. The van der Waals surface area contributed by atoms with Crippen LogP contribution in [0.3, 0.4) is 0 Å². The molecule has 1 heterocycles. The van der Waals surface area contributed by atoms with Crippen LogP contribution in [0.25, 0.3) is 10.6 Å². The van der Waals surface area contributed by atoms with E-state index in [9.17, 15) is 0 Å². The Morgan fingerprint density at radius 3 is 2.64 bits per heavy atom. The molecule has 0 aliphatic heterocycles. The van der Waals surface area contributed by atoms with E-state index in [2.05, 4.69) is 20.9 Å². The Bertz CT molecular complexity index is 447. The largest absolute Gasteiger partial charge is 0.240 e. The highest BCUT2D eigenvalue weighted by Gasteiger charge is 2.09. The maximum atomic E-state index is 5.97. The van der Waals surface area contributed by atoms with E-state index in [1.165, 1.54) is 11.3 Å². The van der Waals surface area contributed by atoms with Crippen LogP contribution in [-0.2, 0) is 0 Å². The zero-order chi connectivity index (χ0) is 10.1. The molecule has 0 aliphatic rings. The smallest absolute Gasteiger partial charge is 0.126 e. The van der Waals surface area contributed by atoms with Gasteiger partial charge in [0, 0.05) is 10.0 Å². The molecule has 1 aromatic carbocycles. The second-order valence-corrected chi connectivity index (χ2v) is 5.31. The van der Waals surface area contributed by atoms with E-state index >= 15 is 0 Å². The molecule has 2 rings (SSSR count). The lowest BCUT2D eigenvalue weighted by molar-refractivity contribution is 1.27. The van der Waals surface area contributed by atoms with Crippen molar-refractivity contribution in [3.63, 3.8) is 0 Å². The van der Waals surface area contributed by atoms with Gasteiger partial charge >= 0.3 is 0 Å². The lowest BCUT2D eigenvalue weighted by Gasteiger charge is -1.98. The van der Waals surface area contributed by atoms with E-state index < -0.39 is 0 Å². The van der Waals surface area contributed by atoms with Crippen molar-refractivity contribution >= 4 is 38.9 Å². The van der Waals surface area contributed by atoms with Gasteiger partial charge in [-0.1, -0.05) is 45.7 Å². The quantitative estimate of drug-likeness (QED) is 0.751. The number of nitrogens with zero attached hydrogens (tertiary/aromatic N) is 1. The van der Waals surface area contributed by atoms with Crippen LogP contribution in [0.1, 0.15) is 5.69 Å². The van der Waals surface area contributed by atoms with E-state index in [-0.39, 0.29) is 0 Å². The van der Waals surface area contributed by atoms with Gasteiger partial charge in [-0.15, -0.1) is 11.3 Å². The molecule has 0 spiro atoms. The molecular formula is C10H7BrClNS. The number of benzene rings is 1. The van der Waals surface area contributed by atoms with Crippen molar-refractivity contribution in [2.75, 3.05) is 0 Å². The van der Waals surface area contributed by atoms with E-state index in [4.69, 9.17) is 11.6 Å². The lowest BCUT2D eigenvalue weighted by Crippen LogP contribution is -1.78. The van der Waals surface area contributed by atoms with Crippen molar-refractivity contribution in [3.05, 3.63) is 38.8 Å². The zero-order valence-electron chi connectivity index (χ0n) is 7.42. The number of rotatable bonds is 1. The third-order valence-electron chi connectivity index (χ3n) is 1.84. The van der Waals surface area contributed by atoms with E-state index in [1.807, 2.05) is 31.2 Å². The highest BCUT2D eigenvalue weighted by atomic mass is 79.9. The molecule has 0 atom stereocenters. The van der Waals surface area contributed by atoms with Gasteiger partial charge in [-0.3, -0.25) is 0 Å². The van der Waals surface area contributed by atoms with Gasteiger partial charge in [0.25, 0.3) is 0 Å². The number of halogens is 2.